The molecule has 0 amide bonds. The Kier molecular flexibility index (Phi) is 6.07. The molecular weight excluding hydrogens is 550 g/mol. The van der Waals surface area contributed by atoms with Crippen LogP contribution in [0.4, 0.5) is 0 Å². The molecule has 0 radical (unpaired) electrons. The van der Waals surface area contributed by atoms with Crippen LogP contribution in [0.1, 0.15) is 32.1 Å². The van der Waals surface area contributed by atoms with Gasteiger partial charge >= 0.3 is 0 Å². The molecule has 1 atom stereocenters. The van der Waals surface area contributed by atoms with Gasteiger partial charge in [-0.3, -0.25) is 0 Å². The minimum Gasteiger partial charge on any atom is -0.390 e. The van der Waals surface area contributed by atoms with Gasteiger partial charge in [-0.25, -0.2) is 0 Å². The molecule has 1 aliphatic carbocycles. The smallest absolute Gasteiger partial charge is 0.0843 e. The minimum absolute atomic E-state index is 0.380. The normalized spacial score (nSPS) is 17.2. The van der Waals surface area contributed by atoms with Crippen LogP contribution in [0, 0.1) is 7.14 Å². The highest BCUT2D eigenvalue weighted by molar-refractivity contribution is 14.1. The van der Waals surface area contributed by atoms with Crippen molar-refractivity contribution in [1.29, 1.82) is 0 Å². The van der Waals surface area contributed by atoms with Crippen molar-refractivity contribution in [1.82, 2.24) is 9.88 Å². The molecule has 1 aromatic heterocycles. The van der Waals surface area contributed by atoms with Crippen molar-refractivity contribution >= 4 is 67.0 Å². The van der Waals surface area contributed by atoms with E-state index in [1.165, 1.54) is 61.1 Å². The fourth-order valence-corrected chi connectivity index (χ4v) is 5.11. The third-order valence-electron chi connectivity index (χ3n) is 5.43. The number of aliphatic hydroxyl groups excluding tert-OH is 1. The van der Waals surface area contributed by atoms with Gasteiger partial charge in [-0.1, -0.05) is 19.3 Å². The number of hydrogen-bond donors (Lipinski definition) is 2. The van der Waals surface area contributed by atoms with Crippen LogP contribution in [-0.2, 0) is 6.54 Å². The van der Waals surface area contributed by atoms with Gasteiger partial charge in [-0.05, 0) is 94.4 Å². The number of aliphatic hydroxyl groups is 1. The third kappa shape index (κ3) is 4.05. The predicted molar refractivity (Wildman–Crippen MR) is 126 cm³/mol. The number of nitrogens with zero attached hydrogens (tertiary/aromatic N) is 1. The van der Waals surface area contributed by atoms with Crippen LogP contribution in [0.25, 0.3) is 21.8 Å². The topological polar surface area (TPSA) is 37.2 Å². The van der Waals surface area contributed by atoms with Crippen molar-refractivity contribution in [2.75, 3.05) is 6.54 Å². The molecular formula is C21H24I2N2O. The van der Waals surface area contributed by atoms with E-state index < -0.39 is 0 Å². The molecule has 4 rings (SSSR count). The number of aromatic nitrogens is 1. The molecule has 1 fully saturated rings. The van der Waals surface area contributed by atoms with Crippen molar-refractivity contribution in [3.05, 3.63) is 43.5 Å². The van der Waals surface area contributed by atoms with Crippen LogP contribution in [0.3, 0.4) is 0 Å². The van der Waals surface area contributed by atoms with E-state index in [0.29, 0.717) is 19.1 Å². The molecule has 26 heavy (non-hydrogen) atoms. The summed E-state index contributed by atoms with van der Waals surface area (Å²) in [5.74, 6) is 0. The second-order valence-electron chi connectivity index (χ2n) is 7.33. The van der Waals surface area contributed by atoms with Crippen LogP contribution in [-0.4, -0.2) is 28.4 Å². The lowest BCUT2D eigenvalue weighted by Crippen LogP contribution is -2.38. The van der Waals surface area contributed by atoms with Crippen molar-refractivity contribution < 1.29 is 5.11 Å². The minimum atomic E-state index is -0.380. The molecule has 0 saturated heterocycles. The molecule has 138 valence electrons. The van der Waals surface area contributed by atoms with E-state index in [4.69, 9.17) is 0 Å². The molecule has 2 aromatic carbocycles. The van der Waals surface area contributed by atoms with Gasteiger partial charge in [-0.2, -0.15) is 0 Å². The fraction of sp³-hybridized carbons (Fsp3) is 0.429. The lowest BCUT2D eigenvalue weighted by atomic mass is 9.95. The first-order valence-electron chi connectivity index (χ1n) is 9.40. The first kappa shape index (κ1) is 19.0. The molecule has 0 aliphatic heterocycles. The van der Waals surface area contributed by atoms with Gasteiger partial charge in [0.25, 0.3) is 0 Å². The summed E-state index contributed by atoms with van der Waals surface area (Å²) in [7, 11) is 0. The van der Waals surface area contributed by atoms with Gasteiger partial charge in [-0.15, -0.1) is 0 Å². The molecule has 0 unspecified atom stereocenters. The number of halogens is 2. The first-order valence-corrected chi connectivity index (χ1v) is 11.6. The number of rotatable bonds is 5. The average molecular weight is 574 g/mol. The van der Waals surface area contributed by atoms with E-state index in [1.54, 1.807) is 0 Å². The van der Waals surface area contributed by atoms with Gasteiger partial charge in [0.2, 0.25) is 0 Å². The molecule has 3 nitrogen and oxygen atoms in total. The Morgan fingerprint density at radius 3 is 2.12 bits per heavy atom. The molecule has 0 bridgehead atoms. The van der Waals surface area contributed by atoms with Crippen LogP contribution in [0.5, 0.6) is 0 Å². The maximum Gasteiger partial charge on any atom is 0.0843 e. The molecule has 2 N–H and O–H groups in total. The maximum absolute atomic E-state index is 10.7. The van der Waals surface area contributed by atoms with Crippen LogP contribution in [0.2, 0.25) is 0 Å². The summed E-state index contributed by atoms with van der Waals surface area (Å²) < 4.78 is 4.77. The standard InChI is InChI=1S/C21H24I2N2O/c22-14-6-8-20-18(10-14)19-11-15(23)7-9-21(19)25(20)13-17(26)12-24-16-4-2-1-3-5-16/h6-11,16-17,24,26H,1-5,12-13H2/t17-/m0/s1. The summed E-state index contributed by atoms with van der Waals surface area (Å²) >= 11 is 4.74. The fourth-order valence-electron chi connectivity index (χ4n) is 4.13. The van der Waals surface area contributed by atoms with E-state index in [-0.39, 0.29) is 6.10 Å². The van der Waals surface area contributed by atoms with Crippen LogP contribution in [0.15, 0.2) is 36.4 Å². The number of hydrogen-bond acceptors (Lipinski definition) is 2. The molecule has 1 aliphatic rings. The summed E-state index contributed by atoms with van der Waals surface area (Å²) in [6.45, 7) is 1.29. The van der Waals surface area contributed by atoms with E-state index >= 15 is 0 Å². The summed E-state index contributed by atoms with van der Waals surface area (Å²) in [5.41, 5.74) is 2.42. The Labute approximate surface area is 181 Å². The van der Waals surface area contributed by atoms with Crippen LogP contribution >= 0.6 is 45.2 Å². The Morgan fingerprint density at radius 2 is 1.54 bits per heavy atom. The third-order valence-corrected chi connectivity index (χ3v) is 6.77. The Morgan fingerprint density at radius 1 is 0.962 bits per heavy atom. The number of nitrogens with one attached hydrogen (secondary N) is 1. The van der Waals surface area contributed by atoms with E-state index in [9.17, 15) is 5.11 Å². The highest BCUT2D eigenvalue weighted by Crippen LogP contribution is 2.31. The highest BCUT2D eigenvalue weighted by Gasteiger charge is 2.17. The van der Waals surface area contributed by atoms with Gasteiger partial charge < -0.3 is 15.0 Å². The van der Waals surface area contributed by atoms with E-state index in [0.717, 1.165) is 0 Å². The Balaban J connectivity index is 1.60. The number of fused-ring (bicyclic) bond motifs is 3. The molecule has 3 aromatic rings. The Bertz CT molecular complexity index is 856. The highest BCUT2D eigenvalue weighted by atomic mass is 127. The Hall–Kier alpha value is -0.380. The van der Waals surface area contributed by atoms with Crippen molar-refractivity contribution in [2.24, 2.45) is 0 Å². The zero-order valence-electron chi connectivity index (χ0n) is 14.7. The maximum atomic E-state index is 10.7. The second-order valence-corrected chi connectivity index (χ2v) is 9.82. The summed E-state index contributed by atoms with van der Waals surface area (Å²) in [4.78, 5) is 0. The van der Waals surface area contributed by atoms with Crippen LogP contribution < -0.4 is 5.32 Å². The van der Waals surface area contributed by atoms with E-state index in [1.807, 2.05) is 0 Å². The summed E-state index contributed by atoms with van der Waals surface area (Å²) in [5, 5.41) is 16.8. The zero-order valence-corrected chi connectivity index (χ0v) is 19.0. The molecule has 0 spiro atoms. The summed E-state index contributed by atoms with van der Waals surface area (Å²) in [6, 6.07) is 13.7. The van der Waals surface area contributed by atoms with Gasteiger partial charge in [0.05, 0.1) is 12.6 Å². The number of benzene rings is 2. The summed E-state index contributed by atoms with van der Waals surface area (Å²) in [6.07, 6.45) is 6.11. The van der Waals surface area contributed by atoms with Crippen molar-refractivity contribution in [3.8, 4) is 0 Å². The van der Waals surface area contributed by atoms with E-state index in [2.05, 4.69) is 91.5 Å². The quantitative estimate of drug-likeness (QED) is 0.407. The molecule has 5 heteroatoms. The molecule has 1 saturated carbocycles. The van der Waals surface area contributed by atoms with Gasteiger partial charge in [0, 0.05) is 41.5 Å². The second kappa shape index (κ2) is 8.32. The van der Waals surface area contributed by atoms with Gasteiger partial charge in [0.1, 0.15) is 0 Å². The molecule has 1 heterocycles. The largest absolute Gasteiger partial charge is 0.390 e. The average Bonchev–Trinajstić information content (AvgIpc) is 2.93. The zero-order chi connectivity index (χ0) is 18.1. The monoisotopic (exact) mass is 574 g/mol. The first-order chi connectivity index (χ1) is 12.6. The van der Waals surface area contributed by atoms with Gasteiger partial charge in [0.15, 0.2) is 0 Å². The van der Waals surface area contributed by atoms with Crippen molar-refractivity contribution in [2.45, 2.75) is 50.8 Å². The SMILES string of the molecule is O[C@@H](CNC1CCCCC1)Cn1c2ccc(I)cc2c2cc(I)ccc21. The lowest BCUT2D eigenvalue weighted by molar-refractivity contribution is 0.147. The lowest BCUT2D eigenvalue weighted by Gasteiger charge is -2.24. The predicted octanol–water partition coefficient (Wildman–Crippen LogP) is 5.29. The van der Waals surface area contributed by atoms with Crippen molar-refractivity contribution in [3.63, 3.8) is 0 Å².